The van der Waals surface area contributed by atoms with Crippen molar-refractivity contribution in [2.75, 3.05) is 6.54 Å². The highest BCUT2D eigenvalue weighted by Crippen LogP contribution is 2.08. The van der Waals surface area contributed by atoms with Crippen LogP contribution in [-0.2, 0) is 18.3 Å². The van der Waals surface area contributed by atoms with E-state index in [-0.39, 0.29) is 11.9 Å². The van der Waals surface area contributed by atoms with Crippen molar-refractivity contribution in [1.29, 1.82) is 0 Å². The Hall–Kier alpha value is -2.14. The van der Waals surface area contributed by atoms with Gasteiger partial charge in [0.25, 0.3) is 0 Å². The Morgan fingerprint density at radius 2 is 2.16 bits per heavy atom. The molecule has 1 heterocycles. The van der Waals surface area contributed by atoms with E-state index in [0.29, 0.717) is 13.0 Å². The monoisotopic (exact) mass is 258 g/mol. The van der Waals surface area contributed by atoms with Crippen LogP contribution in [0.15, 0.2) is 42.7 Å². The normalized spacial score (nSPS) is 12.1. The Morgan fingerprint density at radius 3 is 2.79 bits per heavy atom. The van der Waals surface area contributed by atoms with E-state index in [1.54, 1.807) is 10.9 Å². The van der Waals surface area contributed by atoms with Crippen LogP contribution < -0.4 is 11.1 Å². The zero-order chi connectivity index (χ0) is 13.7. The third kappa shape index (κ3) is 3.93. The van der Waals surface area contributed by atoms with Gasteiger partial charge < -0.3 is 11.1 Å². The number of nitrogens with two attached hydrogens (primary N) is 1. The molecule has 0 aliphatic heterocycles. The minimum Gasteiger partial charge on any atom is -0.354 e. The minimum atomic E-state index is -0.181. The lowest BCUT2D eigenvalue weighted by atomic mass is 10.1. The second-order valence-corrected chi connectivity index (χ2v) is 4.52. The number of rotatable bonds is 5. The lowest BCUT2D eigenvalue weighted by Gasteiger charge is -2.12. The summed E-state index contributed by atoms with van der Waals surface area (Å²) in [5, 5.41) is 6.86. The first-order valence-corrected chi connectivity index (χ1v) is 6.20. The number of nitrogens with zero attached hydrogens (tertiary/aromatic N) is 2. The number of aryl methyl sites for hydroxylation is 1. The Morgan fingerprint density at radius 1 is 1.42 bits per heavy atom. The second kappa shape index (κ2) is 6.15. The molecule has 5 nitrogen and oxygen atoms in total. The zero-order valence-corrected chi connectivity index (χ0v) is 10.9. The maximum atomic E-state index is 11.8. The van der Waals surface area contributed by atoms with Crippen molar-refractivity contribution >= 4 is 5.91 Å². The van der Waals surface area contributed by atoms with E-state index >= 15 is 0 Å². The minimum absolute atomic E-state index is 0.0422. The summed E-state index contributed by atoms with van der Waals surface area (Å²) in [6.45, 7) is 0.434. The zero-order valence-electron chi connectivity index (χ0n) is 10.9. The molecule has 5 heteroatoms. The third-order valence-electron chi connectivity index (χ3n) is 2.87. The summed E-state index contributed by atoms with van der Waals surface area (Å²) >= 11 is 0. The van der Waals surface area contributed by atoms with Crippen molar-refractivity contribution in [3.8, 4) is 0 Å². The molecule has 100 valence electrons. The maximum Gasteiger partial charge on any atom is 0.224 e. The number of carbonyl (C=O) groups is 1. The average molecular weight is 258 g/mol. The van der Waals surface area contributed by atoms with Gasteiger partial charge in [-0.3, -0.25) is 9.48 Å². The largest absolute Gasteiger partial charge is 0.354 e. The molecule has 0 bridgehead atoms. The van der Waals surface area contributed by atoms with Crippen LogP contribution in [0.5, 0.6) is 0 Å². The number of aromatic nitrogens is 2. The van der Waals surface area contributed by atoms with Crippen LogP contribution in [0.4, 0.5) is 0 Å². The van der Waals surface area contributed by atoms with Gasteiger partial charge in [-0.2, -0.15) is 5.10 Å². The quantitative estimate of drug-likeness (QED) is 0.832. The second-order valence-electron chi connectivity index (χ2n) is 4.52. The SMILES string of the molecule is Cn1cc(CC(=O)NCC(N)c2ccccc2)cn1. The molecule has 2 aromatic rings. The number of amides is 1. The van der Waals surface area contributed by atoms with E-state index in [1.807, 2.05) is 43.6 Å². The van der Waals surface area contributed by atoms with Crippen LogP contribution in [0.1, 0.15) is 17.2 Å². The van der Waals surface area contributed by atoms with Gasteiger partial charge in [0.1, 0.15) is 0 Å². The number of hydrogen-bond acceptors (Lipinski definition) is 3. The molecule has 0 saturated heterocycles. The van der Waals surface area contributed by atoms with Crippen molar-refractivity contribution in [3.05, 3.63) is 53.9 Å². The van der Waals surface area contributed by atoms with Crippen LogP contribution in [0.2, 0.25) is 0 Å². The van der Waals surface area contributed by atoms with E-state index in [0.717, 1.165) is 11.1 Å². The van der Waals surface area contributed by atoms with Crippen LogP contribution in [0.3, 0.4) is 0 Å². The van der Waals surface area contributed by atoms with Crippen LogP contribution in [0, 0.1) is 0 Å². The summed E-state index contributed by atoms with van der Waals surface area (Å²) in [5.74, 6) is -0.0422. The van der Waals surface area contributed by atoms with E-state index in [2.05, 4.69) is 10.4 Å². The summed E-state index contributed by atoms with van der Waals surface area (Å²) < 4.78 is 1.68. The van der Waals surface area contributed by atoms with Gasteiger partial charge >= 0.3 is 0 Å². The fourth-order valence-electron chi connectivity index (χ4n) is 1.85. The van der Waals surface area contributed by atoms with E-state index in [4.69, 9.17) is 5.73 Å². The molecule has 0 spiro atoms. The van der Waals surface area contributed by atoms with Gasteiger partial charge in [0.2, 0.25) is 5.91 Å². The molecule has 2 rings (SSSR count). The Balaban J connectivity index is 1.80. The van der Waals surface area contributed by atoms with Crippen molar-refractivity contribution < 1.29 is 4.79 Å². The first kappa shape index (κ1) is 13.3. The third-order valence-corrected chi connectivity index (χ3v) is 2.87. The maximum absolute atomic E-state index is 11.8. The van der Waals surface area contributed by atoms with Gasteiger partial charge in [0, 0.05) is 25.8 Å². The van der Waals surface area contributed by atoms with E-state index < -0.39 is 0 Å². The van der Waals surface area contributed by atoms with Gasteiger partial charge in [-0.25, -0.2) is 0 Å². The van der Waals surface area contributed by atoms with Crippen LogP contribution in [-0.4, -0.2) is 22.2 Å². The highest BCUT2D eigenvalue weighted by atomic mass is 16.1. The number of benzene rings is 1. The predicted octanol–water partition coefficient (Wildman–Crippen LogP) is 0.779. The number of carbonyl (C=O) groups excluding carboxylic acids is 1. The highest BCUT2D eigenvalue weighted by Gasteiger charge is 2.09. The fourth-order valence-corrected chi connectivity index (χ4v) is 1.85. The Labute approximate surface area is 112 Å². The molecule has 0 radical (unpaired) electrons. The molecule has 0 aliphatic rings. The summed E-state index contributed by atoms with van der Waals surface area (Å²) in [6.07, 6.45) is 3.85. The first-order chi connectivity index (χ1) is 9.15. The molecule has 1 aromatic heterocycles. The lowest BCUT2D eigenvalue weighted by molar-refractivity contribution is -0.120. The van der Waals surface area contributed by atoms with Crippen LogP contribution in [0.25, 0.3) is 0 Å². The fraction of sp³-hybridized carbons (Fsp3) is 0.286. The van der Waals surface area contributed by atoms with Gasteiger partial charge in [-0.15, -0.1) is 0 Å². The molecular weight excluding hydrogens is 240 g/mol. The number of hydrogen-bond donors (Lipinski definition) is 2. The van der Waals surface area contributed by atoms with Gasteiger partial charge in [-0.05, 0) is 11.1 Å². The molecule has 1 unspecified atom stereocenters. The molecule has 19 heavy (non-hydrogen) atoms. The standard InChI is InChI=1S/C14H18N4O/c1-18-10-11(8-17-18)7-14(19)16-9-13(15)12-5-3-2-4-6-12/h2-6,8,10,13H,7,9,15H2,1H3,(H,16,19). The van der Waals surface area contributed by atoms with E-state index in [9.17, 15) is 4.79 Å². The molecule has 0 fully saturated rings. The summed E-state index contributed by atoms with van der Waals surface area (Å²) in [6, 6.07) is 9.55. The summed E-state index contributed by atoms with van der Waals surface area (Å²) in [7, 11) is 1.83. The number of nitrogens with one attached hydrogen (secondary N) is 1. The summed E-state index contributed by atoms with van der Waals surface area (Å²) in [5.41, 5.74) is 7.92. The molecule has 1 atom stereocenters. The summed E-state index contributed by atoms with van der Waals surface area (Å²) in [4.78, 5) is 11.8. The van der Waals surface area contributed by atoms with Gasteiger partial charge in [0.05, 0.1) is 12.6 Å². The highest BCUT2D eigenvalue weighted by molar-refractivity contribution is 5.78. The molecule has 1 amide bonds. The lowest BCUT2D eigenvalue weighted by Crippen LogP contribution is -2.32. The first-order valence-electron chi connectivity index (χ1n) is 6.20. The van der Waals surface area contributed by atoms with Crippen molar-refractivity contribution in [3.63, 3.8) is 0 Å². The topological polar surface area (TPSA) is 72.9 Å². The Kier molecular flexibility index (Phi) is 4.30. The molecule has 1 aromatic carbocycles. The molecule has 0 saturated carbocycles. The van der Waals surface area contributed by atoms with Crippen LogP contribution >= 0.6 is 0 Å². The molecule has 3 N–H and O–H groups in total. The van der Waals surface area contributed by atoms with Crippen molar-refractivity contribution in [2.45, 2.75) is 12.5 Å². The smallest absolute Gasteiger partial charge is 0.224 e. The van der Waals surface area contributed by atoms with E-state index in [1.165, 1.54) is 0 Å². The van der Waals surface area contributed by atoms with Crippen molar-refractivity contribution in [1.82, 2.24) is 15.1 Å². The van der Waals surface area contributed by atoms with Gasteiger partial charge in [0.15, 0.2) is 0 Å². The predicted molar refractivity (Wildman–Crippen MR) is 73.3 cm³/mol. The molecular formula is C14H18N4O. The van der Waals surface area contributed by atoms with Gasteiger partial charge in [-0.1, -0.05) is 30.3 Å². The Bertz CT molecular complexity index is 535. The van der Waals surface area contributed by atoms with Crippen molar-refractivity contribution in [2.24, 2.45) is 12.8 Å². The molecule has 0 aliphatic carbocycles. The average Bonchev–Trinajstić information content (AvgIpc) is 2.82.